The Hall–Kier alpha value is 0.102. The molecule has 0 aromatic rings. The van der Waals surface area contributed by atoms with Crippen LogP contribution in [0.4, 0.5) is 0 Å². The van der Waals surface area contributed by atoms with Crippen molar-refractivity contribution < 1.29 is 20.4 Å². The molecule has 74 valence electrons. The van der Waals surface area contributed by atoms with Gasteiger partial charge in [0.2, 0.25) is 0 Å². The molecule has 0 saturated heterocycles. The van der Waals surface area contributed by atoms with Gasteiger partial charge in [-0.1, -0.05) is 27.0 Å². The third-order valence-corrected chi connectivity index (χ3v) is 0.577. The molecule has 11 heavy (non-hydrogen) atoms. The monoisotopic (exact) mass is 249 g/mol. The van der Waals surface area contributed by atoms with E-state index < -0.39 is 0 Å². The summed E-state index contributed by atoms with van der Waals surface area (Å²) in [6.45, 7) is 10.6. The summed E-state index contributed by atoms with van der Waals surface area (Å²) in [6, 6.07) is 0. The maximum atomic E-state index is 3.12. The first-order chi connectivity index (χ1) is 3.83. The minimum absolute atomic E-state index is 0. The van der Waals surface area contributed by atoms with Crippen LogP contribution in [0, 0.1) is 6.42 Å². The van der Waals surface area contributed by atoms with Crippen molar-refractivity contribution in [3.05, 3.63) is 37.6 Å². The van der Waals surface area contributed by atoms with Gasteiger partial charge in [0.05, 0.1) is 0 Å². The molecule has 0 atom stereocenters. The maximum Gasteiger partial charge on any atom is 0 e. The molecule has 0 aliphatic carbocycles. The SMILES string of the molecule is C=C=C.CC[CH-]CC.[NH2-].[NH2-].[Pd]. The molecule has 3 heteroatoms. The van der Waals surface area contributed by atoms with E-state index in [0.717, 1.165) is 0 Å². The average Bonchev–Trinajstić information content (AvgIpc) is 1.71. The topological polar surface area (TPSA) is 67.0 Å². The molecule has 4 N–H and O–H groups in total. The van der Waals surface area contributed by atoms with Gasteiger partial charge in [-0.05, 0) is 0 Å². The Morgan fingerprint density at radius 3 is 1.27 bits per heavy atom. The van der Waals surface area contributed by atoms with Crippen molar-refractivity contribution in [3.63, 3.8) is 0 Å². The maximum absolute atomic E-state index is 3.12. The standard InChI is InChI=1S/C5H11.C3H4.2H2N.Pd/c1-3-5-4-2;1-3-2;;;/h5H,3-4H2,1-2H3;1-2H2;2*1H2;/q-1;;2*-1;. The van der Waals surface area contributed by atoms with Crippen LogP contribution in [-0.2, 0) is 20.4 Å². The van der Waals surface area contributed by atoms with Crippen LogP contribution < -0.4 is 0 Å². The van der Waals surface area contributed by atoms with Gasteiger partial charge in [-0.3, -0.25) is 0 Å². The molecule has 0 radical (unpaired) electrons. The molecule has 0 aromatic heterocycles. The fourth-order valence-electron chi connectivity index (χ4n) is 0.289. The molecule has 0 spiro atoms. The summed E-state index contributed by atoms with van der Waals surface area (Å²) < 4.78 is 0. The Labute approximate surface area is 85.0 Å². The van der Waals surface area contributed by atoms with Crippen LogP contribution in [0.25, 0.3) is 12.3 Å². The number of hydrogen-bond donors (Lipinski definition) is 0. The van der Waals surface area contributed by atoms with Gasteiger partial charge in [0.1, 0.15) is 0 Å². The van der Waals surface area contributed by atoms with Crippen LogP contribution in [0.2, 0.25) is 0 Å². The molecule has 0 aliphatic rings. The van der Waals surface area contributed by atoms with Gasteiger partial charge in [0, 0.05) is 20.4 Å². The molecular weight excluding hydrogens is 231 g/mol. The second kappa shape index (κ2) is 49.7. The summed E-state index contributed by atoms with van der Waals surface area (Å²) in [5, 5.41) is 0. The molecule has 0 fully saturated rings. The van der Waals surface area contributed by atoms with Gasteiger partial charge in [0.25, 0.3) is 0 Å². The first-order valence-corrected chi connectivity index (χ1v) is 2.94. The summed E-state index contributed by atoms with van der Waals surface area (Å²) in [4.78, 5) is 0. The summed E-state index contributed by atoms with van der Waals surface area (Å²) in [6.07, 6.45) is 4.69. The minimum Gasteiger partial charge on any atom is -0.693 e. The van der Waals surface area contributed by atoms with Gasteiger partial charge in [-0.2, -0.15) is 12.8 Å². The first kappa shape index (κ1) is 30.4. The van der Waals surface area contributed by atoms with Crippen LogP contribution >= 0.6 is 0 Å². The molecule has 0 aliphatic heterocycles. The van der Waals surface area contributed by atoms with Crippen molar-refractivity contribution in [2.75, 3.05) is 0 Å². The van der Waals surface area contributed by atoms with Gasteiger partial charge in [0.15, 0.2) is 0 Å². The zero-order chi connectivity index (χ0) is 6.83. The first-order valence-electron chi connectivity index (χ1n) is 2.94. The van der Waals surface area contributed by atoms with Gasteiger partial charge in [-0.15, -0.1) is 5.73 Å². The van der Waals surface area contributed by atoms with E-state index in [1.54, 1.807) is 0 Å². The quantitative estimate of drug-likeness (QED) is 0.395. The zero-order valence-corrected chi connectivity index (χ0v) is 8.93. The average molecular weight is 250 g/mol. The fraction of sp³-hybridized carbons (Fsp3) is 0.500. The van der Waals surface area contributed by atoms with Crippen molar-refractivity contribution in [1.29, 1.82) is 0 Å². The number of nitrogens with two attached hydrogens (primary N) is 2. The second-order valence-corrected chi connectivity index (χ2v) is 1.36. The largest absolute Gasteiger partial charge is 0.693 e. The predicted octanol–water partition coefficient (Wildman–Crippen LogP) is 4.40. The third kappa shape index (κ3) is 150. The van der Waals surface area contributed by atoms with Crippen LogP contribution in [0.15, 0.2) is 18.9 Å². The van der Waals surface area contributed by atoms with E-state index in [1.807, 2.05) is 0 Å². The van der Waals surface area contributed by atoms with Crippen LogP contribution in [0.1, 0.15) is 26.7 Å². The van der Waals surface area contributed by atoms with Crippen molar-refractivity contribution in [1.82, 2.24) is 0 Å². The minimum atomic E-state index is 0. The van der Waals surface area contributed by atoms with E-state index in [9.17, 15) is 0 Å². The Morgan fingerprint density at radius 2 is 1.27 bits per heavy atom. The number of rotatable bonds is 2. The second-order valence-electron chi connectivity index (χ2n) is 1.36. The molecule has 0 unspecified atom stereocenters. The molecule has 0 rings (SSSR count). The van der Waals surface area contributed by atoms with Crippen molar-refractivity contribution in [2.24, 2.45) is 0 Å². The fourth-order valence-corrected chi connectivity index (χ4v) is 0.289. The van der Waals surface area contributed by atoms with Gasteiger partial charge < -0.3 is 18.7 Å². The molecule has 0 saturated carbocycles. The summed E-state index contributed by atoms with van der Waals surface area (Å²) >= 11 is 0. The number of hydrogen-bond acceptors (Lipinski definition) is 0. The molecular formula is C8H19N2Pd-3. The van der Waals surface area contributed by atoms with E-state index in [2.05, 4.69) is 39.2 Å². The summed E-state index contributed by atoms with van der Waals surface area (Å²) in [7, 11) is 0. The normalized spacial score (nSPS) is 4.55. The Kier molecular flexibility index (Phi) is 138. The molecule has 2 nitrogen and oxygen atoms in total. The predicted molar refractivity (Wildman–Crippen MR) is 50.2 cm³/mol. The third-order valence-electron chi connectivity index (χ3n) is 0.577. The van der Waals surface area contributed by atoms with Gasteiger partial charge >= 0.3 is 0 Å². The molecule has 0 bridgehead atoms. The summed E-state index contributed by atoms with van der Waals surface area (Å²) in [5.41, 5.74) is 2.25. The van der Waals surface area contributed by atoms with E-state index in [1.165, 1.54) is 12.8 Å². The van der Waals surface area contributed by atoms with Gasteiger partial charge in [-0.25, -0.2) is 0 Å². The molecule has 0 aromatic carbocycles. The number of unbranched alkanes of at least 4 members (excludes halogenated alkanes) is 2. The van der Waals surface area contributed by atoms with Crippen molar-refractivity contribution in [3.8, 4) is 0 Å². The van der Waals surface area contributed by atoms with E-state index >= 15 is 0 Å². The smallest absolute Gasteiger partial charge is 0 e. The Bertz CT molecular complexity index is 57.1. The van der Waals surface area contributed by atoms with E-state index in [0.29, 0.717) is 0 Å². The Morgan fingerprint density at radius 1 is 1.09 bits per heavy atom. The molecule has 0 heterocycles. The van der Waals surface area contributed by atoms with Crippen LogP contribution in [0.3, 0.4) is 0 Å². The van der Waals surface area contributed by atoms with Crippen molar-refractivity contribution in [2.45, 2.75) is 26.7 Å². The van der Waals surface area contributed by atoms with Crippen molar-refractivity contribution >= 4 is 0 Å². The van der Waals surface area contributed by atoms with E-state index in [-0.39, 0.29) is 32.7 Å². The van der Waals surface area contributed by atoms with Crippen LogP contribution in [0.5, 0.6) is 0 Å². The van der Waals surface area contributed by atoms with Crippen LogP contribution in [-0.4, -0.2) is 0 Å². The molecule has 0 amide bonds. The zero-order valence-electron chi connectivity index (χ0n) is 7.38. The Balaban J connectivity index is -0.0000000183. The van der Waals surface area contributed by atoms with E-state index in [4.69, 9.17) is 0 Å². The summed E-state index contributed by atoms with van der Waals surface area (Å²) in [5.74, 6) is 0.